The molecular formula is C14H23NO2. The van der Waals surface area contributed by atoms with Crippen molar-refractivity contribution in [1.29, 1.82) is 0 Å². The van der Waals surface area contributed by atoms with E-state index in [1.807, 2.05) is 0 Å². The first kappa shape index (κ1) is 12.5. The molecule has 0 atom stereocenters. The molecule has 1 saturated heterocycles. The Morgan fingerprint density at radius 2 is 1.88 bits per heavy atom. The smallest absolute Gasteiger partial charge is 0.140 e. The molecule has 0 saturated carbocycles. The molecule has 1 aromatic heterocycles. The molecule has 3 nitrogen and oxygen atoms in total. The molecule has 2 rings (SSSR count). The van der Waals surface area contributed by atoms with Crippen LogP contribution in [0.3, 0.4) is 0 Å². The van der Waals surface area contributed by atoms with Gasteiger partial charge in [-0.25, -0.2) is 0 Å². The second kappa shape index (κ2) is 4.73. The zero-order valence-electron chi connectivity index (χ0n) is 11.3. The van der Waals surface area contributed by atoms with Gasteiger partial charge in [0.1, 0.15) is 5.75 Å². The summed E-state index contributed by atoms with van der Waals surface area (Å²) < 4.78 is 13.2. The van der Waals surface area contributed by atoms with E-state index in [2.05, 4.69) is 37.7 Å². The van der Waals surface area contributed by atoms with Crippen LogP contribution in [-0.4, -0.2) is 24.9 Å². The highest BCUT2D eigenvalue weighted by atomic mass is 16.5. The van der Waals surface area contributed by atoms with Crippen LogP contribution in [0, 0.1) is 0 Å². The van der Waals surface area contributed by atoms with E-state index in [0.717, 1.165) is 31.8 Å². The summed E-state index contributed by atoms with van der Waals surface area (Å²) in [6, 6.07) is 0.564. The van der Waals surface area contributed by atoms with Crippen LogP contribution in [0.15, 0.2) is 12.4 Å². The zero-order chi connectivity index (χ0) is 12.5. The molecule has 0 radical (unpaired) electrons. The quantitative estimate of drug-likeness (QED) is 0.789. The van der Waals surface area contributed by atoms with Gasteiger partial charge in [0.25, 0.3) is 0 Å². The predicted molar refractivity (Wildman–Crippen MR) is 68.8 cm³/mol. The molecule has 1 aromatic rings. The van der Waals surface area contributed by atoms with Crippen molar-refractivity contribution in [2.45, 2.75) is 45.1 Å². The molecule has 96 valence electrons. The van der Waals surface area contributed by atoms with Crippen LogP contribution in [0.25, 0.3) is 0 Å². The van der Waals surface area contributed by atoms with Crippen molar-refractivity contribution < 1.29 is 9.47 Å². The SMILES string of the molecule is COc1cn(C2CCOCC2)cc1C(C)(C)C. The second-order valence-corrected chi connectivity index (χ2v) is 5.78. The summed E-state index contributed by atoms with van der Waals surface area (Å²) >= 11 is 0. The predicted octanol–water partition coefficient (Wildman–Crippen LogP) is 3.15. The Kier molecular flexibility index (Phi) is 3.48. The van der Waals surface area contributed by atoms with Gasteiger partial charge in [-0.15, -0.1) is 0 Å². The van der Waals surface area contributed by atoms with E-state index in [0.29, 0.717) is 6.04 Å². The second-order valence-electron chi connectivity index (χ2n) is 5.78. The first-order valence-electron chi connectivity index (χ1n) is 6.36. The summed E-state index contributed by atoms with van der Waals surface area (Å²) in [4.78, 5) is 0. The standard InChI is InChI=1S/C14H23NO2/c1-14(2,3)12-9-15(10-13(12)16-4)11-5-7-17-8-6-11/h9-11H,5-8H2,1-4H3. The summed E-state index contributed by atoms with van der Waals surface area (Å²) in [6.45, 7) is 8.41. The van der Waals surface area contributed by atoms with E-state index in [-0.39, 0.29) is 5.41 Å². The largest absolute Gasteiger partial charge is 0.495 e. The highest BCUT2D eigenvalue weighted by Gasteiger charge is 2.24. The third kappa shape index (κ3) is 2.65. The van der Waals surface area contributed by atoms with Gasteiger partial charge in [0.15, 0.2) is 0 Å². The molecule has 0 aromatic carbocycles. The Hall–Kier alpha value is -0.960. The van der Waals surface area contributed by atoms with E-state index in [1.165, 1.54) is 5.56 Å². The third-order valence-corrected chi connectivity index (χ3v) is 3.45. The number of hydrogen-bond acceptors (Lipinski definition) is 2. The van der Waals surface area contributed by atoms with Gasteiger partial charge in [0.05, 0.1) is 7.11 Å². The van der Waals surface area contributed by atoms with Crippen LogP contribution in [0.4, 0.5) is 0 Å². The Bertz CT molecular complexity index is 370. The minimum atomic E-state index is 0.127. The van der Waals surface area contributed by atoms with Crippen molar-refractivity contribution in [2.24, 2.45) is 0 Å². The lowest BCUT2D eigenvalue weighted by molar-refractivity contribution is 0.0695. The normalized spacial score (nSPS) is 18.4. The average molecular weight is 237 g/mol. The molecule has 0 aliphatic carbocycles. The van der Waals surface area contributed by atoms with Crippen LogP contribution in [0.1, 0.15) is 45.2 Å². The lowest BCUT2D eigenvalue weighted by Gasteiger charge is -2.23. The maximum absolute atomic E-state index is 5.49. The number of methoxy groups -OCH3 is 1. The summed E-state index contributed by atoms with van der Waals surface area (Å²) in [6.07, 6.45) is 6.58. The molecular weight excluding hydrogens is 214 g/mol. The maximum Gasteiger partial charge on any atom is 0.140 e. The Morgan fingerprint density at radius 3 is 2.35 bits per heavy atom. The van der Waals surface area contributed by atoms with Crippen LogP contribution in [0.2, 0.25) is 0 Å². The molecule has 0 bridgehead atoms. The molecule has 0 N–H and O–H groups in total. The Labute approximate surface area is 104 Å². The van der Waals surface area contributed by atoms with Crippen molar-refractivity contribution in [3.05, 3.63) is 18.0 Å². The van der Waals surface area contributed by atoms with E-state index in [4.69, 9.17) is 9.47 Å². The Morgan fingerprint density at radius 1 is 1.24 bits per heavy atom. The maximum atomic E-state index is 5.49. The van der Waals surface area contributed by atoms with Gasteiger partial charge in [-0.05, 0) is 18.3 Å². The van der Waals surface area contributed by atoms with E-state index >= 15 is 0 Å². The number of aromatic nitrogens is 1. The lowest BCUT2D eigenvalue weighted by Crippen LogP contribution is -2.18. The van der Waals surface area contributed by atoms with Crippen LogP contribution in [0.5, 0.6) is 5.75 Å². The van der Waals surface area contributed by atoms with Crippen molar-refractivity contribution >= 4 is 0 Å². The van der Waals surface area contributed by atoms with Gasteiger partial charge in [0.2, 0.25) is 0 Å². The minimum Gasteiger partial charge on any atom is -0.495 e. The van der Waals surface area contributed by atoms with Gasteiger partial charge in [-0.3, -0.25) is 0 Å². The molecule has 3 heteroatoms. The molecule has 1 fully saturated rings. The summed E-state index contributed by atoms with van der Waals surface area (Å²) in [7, 11) is 1.75. The molecule has 0 amide bonds. The topological polar surface area (TPSA) is 23.4 Å². The van der Waals surface area contributed by atoms with Crippen LogP contribution >= 0.6 is 0 Å². The van der Waals surface area contributed by atoms with Crippen molar-refractivity contribution in [3.8, 4) is 5.75 Å². The molecule has 0 unspecified atom stereocenters. The zero-order valence-corrected chi connectivity index (χ0v) is 11.3. The molecule has 1 aliphatic heterocycles. The number of hydrogen-bond donors (Lipinski definition) is 0. The van der Waals surface area contributed by atoms with E-state index < -0.39 is 0 Å². The van der Waals surface area contributed by atoms with Gasteiger partial charge in [-0.1, -0.05) is 20.8 Å². The van der Waals surface area contributed by atoms with Crippen molar-refractivity contribution in [1.82, 2.24) is 4.57 Å². The summed E-state index contributed by atoms with van der Waals surface area (Å²) in [5.74, 6) is 1.00. The van der Waals surface area contributed by atoms with E-state index in [9.17, 15) is 0 Å². The number of rotatable bonds is 2. The van der Waals surface area contributed by atoms with Gasteiger partial charge in [-0.2, -0.15) is 0 Å². The minimum absolute atomic E-state index is 0.127. The van der Waals surface area contributed by atoms with E-state index in [1.54, 1.807) is 7.11 Å². The lowest BCUT2D eigenvalue weighted by atomic mass is 9.89. The fourth-order valence-corrected chi connectivity index (χ4v) is 2.37. The molecule has 17 heavy (non-hydrogen) atoms. The van der Waals surface area contributed by atoms with Crippen molar-refractivity contribution in [3.63, 3.8) is 0 Å². The van der Waals surface area contributed by atoms with Crippen molar-refractivity contribution in [2.75, 3.05) is 20.3 Å². The fraction of sp³-hybridized carbons (Fsp3) is 0.714. The number of nitrogens with zero attached hydrogens (tertiary/aromatic N) is 1. The summed E-state index contributed by atoms with van der Waals surface area (Å²) in [5, 5.41) is 0. The average Bonchev–Trinajstić information content (AvgIpc) is 2.74. The molecule has 2 heterocycles. The molecule has 1 aliphatic rings. The Balaban J connectivity index is 2.27. The van der Waals surface area contributed by atoms with Crippen LogP contribution in [-0.2, 0) is 10.2 Å². The summed E-state index contributed by atoms with van der Waals surface area (Å²) in [5.41, 5.74) is 1.41. The third-order valence-electron chi connectivity index (χ3n) is 3.45. The highest BCUT2D eigenvalue weighted by molar-refractivity contribution is 5.37. The first-order valence-corrected chi connectivity index (χ1v) is 6.36. The van der Waals surface area contributed by atoms with Crippen LogP contribution < -0.4 is 4.74 Å². The monoisotopic (exact) mass is 237 g/mol. The fourth-order valence-electron chi connectivity index (χ4n) is 2.37. The highest BCUT2D eigenvalue weighted by Crippen LogP contribution is 2.34. The first-order chi connectivity index (χ1) is 8.02. The van der Waals surface area contributed by atoms with Gasteiger partial charge < -0.3 is 14.0 Å². The number of ether oxygens (including phenoxy) is 2. The van der Waals surface area contributed by atoms with Gasteiger partial charge in [0, 0.05) is 37.2 Å². The molecule has 0 spiro atoms. The van der Waals surface area contributed by atoms with Gasteiger partial charge >= 0.3 is 0 Å².